The van der Waals surface area contributed by atoms with Gasteiger partial charge >= 0.3 is 11.9 Å². The zero-order valence-electron chi connectivity index (χ0n) is 19.4. The maximum atomic E-state index is 13.2. The number of imidazole rings is 1. The van der Waals surface area contributed by atoms with Crippen molar-refractivity contribution in [2.24, 2.45) is 0 Å². The van der Waals surface area contributed by atoms with E-state index in [0.29, 0.717) is 29.1 Å². The molecule has 10 heteroatoms. The number of aromatic nitrogens is 4. The lowest BCUT2D eigenvalue weighted by molar-refractivity contribution is -0.137. The average molecular weight is 480 g/mol. The molecule has 35 heavy (non-hydrogen) atoms. The molecule has 0 unspecified atom stereocenters. The Balaban J connectivity index is 1.83. The largest absolute Gasteiger partial charge is 0.416 e. The normalized spacial score (nSPS) is 11.7. The second-order valence-electron chi connectivity index (χ2n) is 8.41. The number of nitrogens with zero attached hydrogens (tertiary/aromatic N) is 5. The molecule has 0 amide bonds. The average Bonchev–Trinajstić information content (AvgIpc) is 3.40. The first-order valence-corrected chi connectivity index (χ1v) is 10.8. The molecule has 4 aromatic rings. The Morgan fingerprint density at radius 3 is 2.60 bits per heavy atom. The summed E-state index contributed by atoms with van der Waals surface area (Å²) >= 11 is 0. The van der Waals surface area contributed by atoms with Crippen molar-refractivity contribution >= 4 is 0 Å². The van der Waals surface area contributed by atoms with Gasteiger partial charge in [-0.25, -0.2) is 9.48 Å². The minimum absolute atomic E-state index is 0.112. The monoisotopic (exact) mass is 480 g/mol. The first-order chi connectivity index (χ1) is 16.6. The lowest BCUT2D eigenvalue weighted by Gasteiger charge is -2.15. The summed E-state index contributed by atoms with van der Waals surface area (Å²) in [5.74, 6) is 0. The molecule has 2 aromatic heterocycles. The molecule has 0 fully saturated rings. The minimum atomic E-state index is -4.52. The Labute approximate surface area is 199 Å². The van der Waals surface area contributed by atoms with Crippen molar-refractivity contribution in [3.63, 3.8) is 0 Å². The third-order valence-corrected chi connectivity index (χ3v) is 5.73. The van der Waals surface area contributed by atoms with Gasteiger partial charge in [0.15, 0.2) is 0 Å². The van der Waals surface area contributed by atoms with Gasteiger partial charge in [-0.15, -0.1) is 0 Å². The quantitative estimate of drug-likeness (QED) is 0.446. The van der Waals surface area contributed by atoms with E-state index in [1.165, 1.54) is 16.7 Å². The van der Waals surface area contributed by atoms with Crippen molar-refractivity contribution in [1.82, 2.24) is 24.2 Å². The lowest BCUT2D eigenvalue weighted by atomic mass is 10.1. The molecule has 1 N–H and O–H groups in total. The minimum Gasteiger partial charge on any atom is -0.309 e. The number of nitriles is 1. The molecule has 4 rings (SSSR count). The molecule has 0 spiro atoms. The van der Waals surface area contributed by atoms with Crippen LogP contribution in [0.1, 0.15) is 22.4 Å². The topological polar surface area (TPSA) is 82.6 Å². The predicted octanol–water partition coefficient (Wildman–Crippen LogP) is 4.32. The van der Waals surface area contributed by atoms with E-state index in [2.05, 4.69) is 16.2 Å². The molecule has 0 atom stereocenters. The molecule has 0 aliphatic carbocycles. The lowest BCUT2D eigenvalue weighted by Crippen LogP contribution is -2.16. The smallest absolute Gasteiger partial charge is 0.309 e. The highest BCUT2D eigenvalue weighted by molar-refractivity contribution is 5.63. The van der Waals surface area contributed by atoms with Crippen LogP contribution in [0.4, 0.5) is 13.2 Å². The fourth-order valence-electron chi connectivity index (χ4n) is 3.99. The van der Waals surface area contributed by atoms with Gasteiger partial charge in [-0.2, -0.15) is 23.5 Å². The van der Waals surface area contributed by atoms with Crippen molar-refractivity contribution < 1.29 is 13.2 Å². The third kappa shape index (κ3) is 4.76. The van der Waals surface area contributed by atoms with Gasteiger partial charge in [-0.3, -0.25) is 4.57 Å². The summed E-state index contributed by atoms with van der Waals surface area (Å²) in [5, 5.41) is 13.8. The summed E-state index contributed by atoms with van der Waals surface area (Å²) in [6.07, 6.45) is -2.27. The molecule has 0 saturated heterocycles. The number of rotatable bonds is 6. The molecular weight excluding hydrogens is 457 g/mol. The zero-order chi connectivity index (χ0) is 25.3. The standard InChI is InChI=1S/C25H23F3N6O/c1-16-23(31-24(35)33(16)20-6-4-5-19(14-20)25(26,27)28)22-9-11-30-34(22)21-8-7-17(15-29)13-18(21)10-12-32(2)3/h4-9,11,13-14H,10,12H2,1-3H3,(H,31,35). The van der Waals surface area contributed by atoms with Crippen LogP contribution in [-0.2, 0) is 12.6 Å². The third-order valence-electron chi connectivity index (χ3n) is 5.73. The van der Waals surface area contributed by atoms with Crippen molar-refractivity contribution in [3.05, 3.63) is 87.6 Å². The van der Waals surface area contributed by atoms with E-state index in [9.17, 15) is 23.2 Å². The van der Waals surface area contributed by atoms with E-state index in [0.717, 1.165) is 29.9 Å². The van der Waals surface area contributed by atoms with Crippen molar-refractivity contribution in [1.29, 1.82) is 5.26 Å². The summed E-state index contributed by atoms with van der Waals surface area (Å²) in [7, 11) is 3.91. The Bertz CT molecular complexity index is 1470. The van der Waals surface area contributed by atoms with Crippen LogP contribution in [0.25, 0.3) is 22.8 Å². The SMILES string of the molecule is Cc1c(-c2ccnn2-c2ccc(C#N)cc2CCN(C)C)[nH]c(=O)n1-c1cccc(C(F)(F)F)c1. The Morgan fingerprint density at radius 2 is 1.91 bits per heavy atom. The second kappa shape index (κ2) is 9.27. The Hall–Kier alpha value is -4.10. The first-order valence-electron chi connectivity index (χ1n) is 10.8. The molecule has 2 aromatic carbocycles. The molecule has 0 radical (unpaired) electrons. The van der Waals surface area contributed by atoms with E-state index in [4.69, 9.17) is 0 Å². The van der Waals surface area contributed by atoms with E-state index in [1.807, 2.05) is 25.1 Å². The molecule has 7 nitrogen and oxygen atoms in total. The summed E-state index contributed by atoms with van der Waals surface area (Å²) in [6, 6.07) is 13.8. The zero-order valence-corrected chi connectivity index (χ0v) is 19.4. The van der Waals surface area contributed by atoms with Crippen LogP contribution in [0.2, 0.25) is 0 Å². The highest BCUT2D eigenvalue weighted by Crippen LogP contribution is 2.31. The summed E-state index contributed by atoms with van der Waals surface area (Å²) < 4.78 is 42.6. The van der Waals surface area contributed by atoms with Crippen molar-refractivity contribution in [2.45, 2.75) is 19.5 Å². The number of aromatic amines is 1. The molecule has 180 valence electrons. The van der Waals surface area contributed by atoms with Gasteiger partial charge in [0, 0.05) is 6.54 Å². The van der Waals surface area contributed by atoms with Crippen LogP contribution < -0.4 is 5.69 Å². The fourth-order valence-corrected chi connectivity index (χ4v) is 3.99. The molecule has 0 aliphatic rings. The van der Waals surface area contributed by atoms with Gasteiger partial charge in [-0.1, -0.05) is 6.07 Å². The van der Waals surface area contributed by atoms with Gasteiger partial charge in [0.1, 0.15) is 0 Å². The number of halogens is 3. The molecule has 0 saturated carbocycles. The number of benzene rings is 2. The fraction of sp³-hybridized carbons (Fsp3) is 0.240. The van der Waals surface area contributed by atoms with Crippen LogP contribution in [0.15, 0.2) is 59.5 Å². The van der Waals surface area contributed by atoms with Crippen molar-refractivity contribution in [2.75, 3.05) is 20.6 Å². The Kier molecular flexibility index (Phi) is 6.37. The van der Waals surface area contributed by atoms with E-state index in [-0.39, 0.29) is 5.69 Å². The van der Waals surface area contributed by atoms with Crippen molar-refractivity contribution in [3.8, 4) is 28.8 Å². The summed E-state index contributed by atoms with van der Waals surface area (Å²) in [6.45, 7) is 2.41. The van der Waals surface area contributed by atoms with Crippen LogP contribution in [0, 0.1) is 18.3 Å². The maximum Gasteiger partial charge on any atom is 0.416 e. The van der Waals surface area contributed by atoms with E-state index < -0.39 is 17.4 Å². The highest BCUT2D eigenvalue weighted by Gasteiger charge is 2.31. The predicted molar refractivity (Wildman–Crippen MR) is 126 cm³/mol. The number of hydrogen-bond acceptors (Lipinski definition) is 4. The van der Waals surface area contributed by atoms with Crippen LogP contribution >= 0.6 is 0 Å². The van der Waals surface area contributed by atoms with Gasteiger partial charge in [0.05, 0.1) is 51.8 Å². The number of hydrogen-bond donors (Lipinski definition) is 1. The van der Waals surface area contributed by atoms with Gasteiger partial charge < -0.3 is 9.88 Å². The van der Waals surface area contributed by atoms with Gasteiger partial charge in [0.2, 0.25) is 0 Å². The second-order valence-corrected chi connectivity index (χ2v) is 8.41. The number of alkyl halides is 3. The summed E-state index contributed by atoms with van der Waals surface area (Å²) in [4.78, 5) is 17.7. The number of H-pyrrole nitrogens is 1. The van der Waals surface area contributed by atoms with Gasteiger partial charge in [-0.05, 0) is 75.5 Å². The molecule has 0 aliphatic heterocycles. The van der Waals surface area contributed by atoms with Crippen LogP contribution in [0.3, 0.4) is 0 Å². The van der Waals surface area contributed by atoms with E-state index in [1.54, 1.807) is 36.0 Å². The van der Waals surface area contributed by atoms with Crippen LogP contribution in [0.5, 0.6) is 0 Å². The maximum absolute atomic E-state index is 13.2. The molecule has 0 bridgehead atoms. The first kappa shape index (κ1) is 24.0. The number of likely N-dealkylation sites (N-methyl/N-ethyl adjacent to an activating group) is 1. The van der Waals surface area contributed by atoms with Crippen LogP contribution in [-0.4, -0.2) is 44.9 Å². The van der Waals surface area contributed by atoms with Gasteiger partial charge in [0.25, 0.3) is 0 Å². The highest BCUT2D eigenvalue weighted by atomic mass is 19.4. The number of nitrogens with one attached hydrogen (secondary N) is 1. The Morgan fingerprint density at radius 1 is 1.14 bits per heavy atom. The summed E-state index contributed by atoms with van der Waals surface area (Å²) in [5.41, 5.74) is 2.35. The molecule has 2 heterocycles. The van der Waals surface area contributed by atoms with E-state index >= 15 is 0 Å². The molecular formula is C25H23F3N6O.